The average molecular weight is 349 g/mol. The maximum atomic E-state index is 13.7. The van der Waals surface area contributed by atoms with Gasteiger partial charge >= 0.3 is 0 Å². The van der Waals surface area contributed by atoms with Crippen molar-refractivity contribution in [3.05, 3.63) is 65.7 Å². The summed E-state index contributed by atoms with van der Waals surface area (Å²) in [4.78, 5) is 11.9. The van der Waals surface area contributed by atoms with E-state index in [1.54, 1.807) is 25.1 Å². The van der Waals surface area contributed by atoms with E-state index in [0.717, 1.165) is 0 Å². The van der Waals surface area contributed by atoms with Gasteiger partial charge in [-0.1, -0.05) is 25.1 Å². The number of halogens is 2. The number of nitrogens with one attached hydrogen (secondary N) is 1. The summed E-state index contributed by atoms with van der Waals surface area (Å²) in [7, 11) is 0. The minimum Gasteiger partial charge on any atom is -0.491 e. The highest BCUT2D eigenvalue weighted by Gasteiger charge is 2.15. The molecule has 2 rings (SSSR count). The van der Waals surface area contributed by atoms with Crippen LogP contribution in [0.1, 0.15) is 24.8 Å². The molecule has 4 nitrogen and oxygen atoms in total. The third kappa shape index (κ3) is 6.15. The van der Waals surface area contributed by atoms with Gasteiger partial charge in [0.15, 0.2) is 0 Å². The van der Waals surface area contributed by atoms with Crippen LogP contribution >= 0.6 is 0 Å². The zero-order valence-corrected chi connectivity index (χ0v) is 13.9. The molecule has 0 aromatic heterocycles. The fraction of sp³-hybridized carbons (Fsp3) is 0.316. The van der Waals surface area contributed by atoms with E-state index in [0.29, 0.717) is 11.3 Å². The first-order valence-electron chi connectivity index (χ1n) is 8.03. The number of aliphatic hydroxyl groups excluding tert-OH is 1. The lowest BCUT2D eigenvalue weighted by molar-refractivity contribution is -0.121. The van der Waals surface area contributed by atoms with Crippen LogP contribution in [0.5, 0.6) is 5.75 Å². The number of carbonyl (C=O) groups is 1. The molecule has 0 saturated heterocycles. The second-order valence-electron chi connectivity index (χ2n) is 5.85. The molecule has 0 radical (unpaired) electrons. The number of hydrogen-bond acceptors (Lipinski definition) is 3. The van der Waals surface area contributed by atoms with Crippen LogP contribution in [0.3, 0.4) is 0 Å². The largest absolute Gasteiger partial charge is 0.491 e. The van der Waals surface area contributed by atoms with E-state index in [4.69, 9.17) is 4.74 Å². The van der Waals surface area contributed by atoms with Crippen LogP contribution < -0.4 is 10.1 Å². The van der Waals surface area contributed by atoms with Crippen molar-refractivity contribution >= 4 is 5.91 Å². The highest BCUT2D eigenvalue weighted by Crippen LogP contribution is 2.21. The van der Waals surface area contributed by atoms with Crippen molar-refractivity contribution in [3.8, 4) is 5.75 Å². The molecule has 0 saturated carbocycles. The summed E-state index contributed by atoms with van der Waals surface area (Å²) in [6.07, 6.45) is -0.787. The first-order chi connectivity index (χ1) is 12.0. The van der Waals surface area contributed by atoms with E-state index in [1.807, 2.05) is 0 Å². The molecule has 0 spiro atoms. The fourth-order valence-electron chi connectivity index (χ4n) is 2.35. The van der Waals surface area contributed by atoms with Gasteiger partial charge in [0.05, 0.1) is 0 Å². The van der Waals surface area contributed by atoms with Gasteiger partial charge in [0.1, 0.15) is 30.1 Å². The third-order valence-corrected chi connectivity index (χ3v) is 3.72. The molecule has 2 atom stereocenters. The summed E-state index contributed by atoms with van der Waals surface area (Å²) in [5.41, 5.74) is 0.484. The summed E-state index contributed by atoms with van der Waals surface area (Å²) in [6, 6.07) is 11.8. The smallest absolute Gasteiger partial charge is 0.220 e. The Morgan fingerprint density at radius 3 is 2.52 bits per heavy atom. The first kappa shape index (κ1) is 18.9. The van der Waals surface area contributed by atoms with E-state index < -0.39 is 6.10 Å². The Kier molecular flexibility index (Phi) is 6.89. The molecule has 0 bridgehead atoms. The zero-order chi connectivity index (χ0) is 18.2. The van der Waals surface area contributed by atoms with Crippen molar-refractivity contribution in [2.24, 2.45) is 0 Å². The quantitative estimate of drug-likeness (QED) is 0.770. The summed E-state index contributed by atoms with van der Waals surface area (Å²) in [5, 5.41) is 12.4. The van der Waals surface area contributed by atoms with Crippen LogP contribution in [-0.4, -0.2) is 30.3 Å². The van der Waals surface area contributed by atoms with Crippen LogP contribution in [0.25, 0.3) is 0 Å². The Balaban J connectivity index is 1.72. The molecule has 2 aromatic carbocycles. The third-order valence-electron chi connectivity index (χ3n) is 3.72. The van der Waals surface area contributed by atoms with Crippen LogP contribution in [0.15, 0.2) is 48.5 Å². The normalized spacial score (nSPS) is 13.1. The molecule has 0 aliphatic rings. The van der Waals surface area contributed by atoms with E-state index >= 15 is 0 Å². The molecule has 0 aliphatic heterocycles. The molecule has 2 aromatic rings. The van der Waals surface area contributed by atoms with Crippen LogP contribution in [0, 0.1) is 11.6 Å². The van der Waals surface area contributed by atoms with Crippen molar-refractivity contribution in [2.45, 2.75) is 25.4 Å². The summed E-state index contributed by atoms with van der Waals surface area (Å²) in [5.74, 6) is -0.829. The predicted molar refractivity (Wildman–Crippen MR) is 90.3 cm³/mol. The molecule has 0 fully saturated rings. The summed E-state index contributed by atoms with van der Waals surface area (Å²) in [6.45, 7) is 1.75. The highest BCUT2D eigenvalue weighted by atomic mass is 19.1. The second-order valence-corrected chi connectivity index (χ2v) is 5.85. The summed E-state index contributed by atoms with van der Waals surface area (Å²) < 4.78 is 31.8. The Morgan fingerprint density at radius 1 is 1.16 bits per heavy atom. The lowest BCUT2D eigenvalue weighted by atomic mass is 9.97. The SMILES string of the molecule is CC(CC(=O)NCC(O)COc1ccc(F)cc1)c1ccccc1F. The molecule has 25 heavy (non-hydrogen) atoms. The molecule has 6 heteroatoms. The van der Waals surface area contributed by atoms with Gasteiger partial charge in [-0.3, -0.25) is 4.79 Å². The Hall–Kier alpha value is -2.47. The highest BCUT2D eigenvalue weighted by molar-refractivity contribution is 5.76. The molecule has 2 unspecified atom stereocenters. The van der Waals surface area contributed by atoms with Crippen LogP contribution in [0.4, 0.5) is 8.78 Å². The molecule has 0 aliphatic carbocycles. The number of aliphatic hydroxyl groups is 1. The Labute approximate surface area is 145 Å². The van der Waals surface area contributed by atoms with Crippen molar-refractivity contribution in [3.63, 3.8) is 0 Å². The first-order valence-corrected chi connectivity index (χ1v) is 8.03. The predicted octanol–water partition coefficient (Wildman–Crippen LogP) is 3.01. The van der Waals surface area contributed by atoms with Crippen LogP contribution in [-0.2, 0) is 4.79 Å². The molecule has 0 heterocycles. The molecular formula is C19H21F2NO3. The Morgan fingerprint density at radius 2 is 1.84 bits per heavy atom. The lowest BCUT2D eigenvalue weighted by Crippen LogP contribution is -2.35. The fourth-order valence-corrected chi connectivity index (χ4v) is 2.35. The van der Waals surface area contributed by atoms with Gasteiger partial charge < -0.3 is 15.2 Å². The Bertz CT molecular complexity index is 691. The van der Waals surface area contributed by atoms with Crippen molar-refractivity contribution in [1.82, 2.24) is 5.32 Å². The number of benzene rings is 2. The maximum Gasteiger partial charge on any atom is 0.220 e. The number of hydrogen-bond donors (Lipinski definition) is 2. The van der Waals surface area contributed by atoms with Gasteiger partial charge in [0, 0.05) is 13.0 Å². The van der Waals surface area contributed by atoms with E-state index in [1.165, 1.54) is 30.3 Å². The lowest BCUT2D eigenvalue weighted by Gasteiger charge is -2.15. The van der Waals surface area contributed by atoms with Crippen molar-refractivity contribution < 1.29 is 23.4 Å². The standard InChI is InChI=1S/C19H21F2NO3/c1-13(17-4-2-3-5-18(17)21)10-19(24)22-11-15(23)12-25-16-8-6-14(20)7-9-16/h2-9,13,15,23H,10-12H2,1H3,(H,22,24). The average Bonchev–Trinajstić information content (AvgIpc) is 2.59. The van der Waals surface area contributed by atoms with Crippen LogP contribution in [0.2, 0.25) is 0 Å². The van der Waals surface area contributed by atoms with Crippen molar-refractivity contribution in [1.29, 1.82) is 0 Å². The number of rotatable bonds is 8. The number of amides is 1. The minimum atomic E-state index is -0.905. The number of carbonyl (C=O) groups excluding carboxylic acids is 1. The number of ether oxygens (including phenoxy) is 1. The van der Waals surface area contributed by atoms with Gasteiger partial charge in [-0.25, -0.2) is 8.78 Å². The van der Waals surface area contributed by atoms with Gasteiger partial charge in [-0.15, -0.1) is 0 Å². The van der Waals surface area contributed by atoms with Gasteiger partial charge in [-0.2, -0.15) is 0 Å². The zero-order valence-electron chi connectivity index (χ0n) is 13.9. The van der Waals surface area contributed by atoms with Gasteiger partial charge in [0.25, 0.3) is 0 Å². The van der Waals surface area contributed by atoms with E-state index in [9.17, 15) is 18.7 Å². The minimum absolute atomic E-state index is 0.0179. The van der Waals surface area contributed by atoms with Gasteiger partial charge in [0.2, 0.25) is 5.91 Å². The van der Waals surface area contributed by atoms with Crippen molar-refractivity contribution in [2.75, 3.05) is 13.2 Å². The molecule has 134 valence electrons. The topological polar surface area (TPSA) is 58.6 Å². The molecule has 1 amide bonds. The molecule has 2 N–H and O–H groups in total. The maximum absolute atomic E-state index is 13.7. The van der Waals surface area contributed by atoms with Gasteiger partial charge in [-0.05, 0) is 41.8 Å². The monoisotopic (exact) mass is 349 g/mol. The molecular weight excluding hydrogens is 328 g/mol. The second kappa shape index (κ2) is 9.13. The van der Waals surface area contributed by atoms with E-state index in [-0.39, 0.29) is 43.0 Å². The van der Waals surface area contributed by atoms with E-state index in [2.05, 4.69) is 5.32 Å². The summed E-state index contributed by atoms with van der Waals surface area (Å²) >= 11 is 0.